The first-order chi connectivity index (χ1) is 12.5. The summed E-state index contributed by atoms with van der Waals surface area (Å²) in [4.78, 5) is 25.9. The number of nitrogens with zero attached hydrogens (tertiary/aromatic N) is 4. The number of aryl methyl sites for hydroxylation is 1. The molecule has 26 heavy (non-hydrogen) atoms. The van der Waals surface area contributed by atoms with Gasteiger partial charge in [0.15, 0.2) is 0 Å². The van der Waals surface area contributed by atoms with Crippen LogP contribution in [-0.2, 0) is 16.0 Å². The molecule has 0 aromatic carbocycles. The highest BCUT2D eigenvalue weighted by Gasteiger charge is 2.63. The van der Waals surface area contributed by atoms with E-state index in [9.17, 15) is 4.79 Å². The first kappa shape index (κ1) is 17.9. The van der Waals surface area contributed by atoms with Crippen LogP contribution in [0.1, 0.15) is 32.4 Å². The smallest absolute Gasteiger partial charge is 0.222 e. The van der Waals surface area contributed by atoms with Crippen molar-refractivity contribution in [3.63, 3.8) is 0 Å². The van der Waals surface area contributed by atoms with Gasteiger partial charge < -0.3 is 9.64 Å². The fourth-order valence-corrected chi connectivity index (χ4v) is 5.59. The summed E-state index contributed by atoms with van der Waals surface area (Å²) in [5.74, 6) is 0.875. The number of morpholine rings is 1. The van der Waals surface area contributed by atoms with Gasteiger partial charge in [-0.1, -0.05) is 13.8 Å². The van der Waals surface area contributed by atoms with Crippen LogP contribution in [0.2, 0.25) is 0 Å². The average Bonchev–Trinajstić information content (AvgIpc) is 2.96. The average molecular weight is 358 g/mol. The molecule has 6 heteroatoms. The molecule has 0 spiro atoms. The summed E-state index contributed by atoms with van der Waals surface area (Å²) in [7, 11) is 0. The molecule has 2 aliphatic heterocycles. The minimum Gasteiger partial charge on any atom is -0.379 e. The zero-order chi connectivity index (χ0) is 18.2. The van der Waals surface area contributed by atoms with Gasteiger partial charge in [0.1, 0.15) is 0 Å². The van der Waals surface area contributed by atoms with E-state index in [0.29, 0.717) is 24.2 Å². The molecule has 6 nitrogen and oxygen atoms in total. The van der Waals surface area contributed by atoms with Crippen LogP contribution >= 0.6 is 0 Å². The Kier molecular flexibility index (Phi) is 4.73. The Bertz CT molecular complexity index is 644. The Morgan fingerprint density at radius 1 is 1.31 bits per heavy atom. The molecule has 1 amide bonds. The Hall–Kier alpha value is -1.53. The number of hydrogen-bond donors (Lipinski definition) is 0. The molecular weight excluding hydrogens is 328 g/mol. The largest absolute Gasteiger partial charge is 0.379 e. The molecule has 2 atom stereocenters. The van der Waals surface area contributed by atoms with Crippen molar-refractivity contribution in [1.82, 2.24) is 19.8 Å². The first-order valence-electron chi connectivity index (χ1n) is 9.81. The van der Waals surface area contributed by atoms with Crippen molar-refractivity contribution in [3.05, 3.63) is 24.3 Å². The van der Waals surface area contributed by atoms with Crippen molar-refractivity contribution in [2.45, 2.75) is 33.1 Å². The lowest BCUT2D eigenvalue weighted by Crippen LogP contribution is -2.59. The minimum atomic E-state index is 0.266. The Balaban J connectivity index is 1.39. The second-order valence-electron chi connectivity index (χ2n) is 8.94. The molecule has 0 radical (unpaired) electrons. The molecule has 1 aromatic heterocycles. The molecule has 3 fully saturated rings. The van der Waals surface area contributed by atoms with Crippen LogP contribution in [-0.4, -0.2) is 71.6 Å². The summed E-state index contributed by atoms with van der Waals surface area (Å²) >= 11 is 0. The fourth-order valence-electron chi connectivity index (χ4n) is 5.59. The molecule has 2 saturated heterocycles. The van der Waals surface area contributed by atoms with Gasteiger partial charge in [0.05, 0.1) is 18.9 Å². The van der Waals surface area contributed by atoms with Gasteiger partial charge >= 0.3 is 0 Å². The summed E-state index contributed by atoms with van der Waals surface area (Å²) < 4.78 is 5.50. The third kappa shape index (κ3) is 3.37. The van der Waals surface area contributed by atoms with E-state index in [1.807, 2.05) is 0 Å². The number of fused-ring (bicyclic) bond motifs is 1. The highest BCUT2D eigenvalue weighted by molar-refractivity contribution is 5.77. The van der Waals surface area contributed by atoms with Gasteiger partial charge in [-0.25, -0.2) is 0 Å². The van der Waals surface area contributed by atoms with E-state index in [-0.39, 0.29) is 11.3 Å². The second kappa shape index (κ2) is 6.89. The highest BCUT2D eigenvalue weighted by Crippen LogP contribution is 2.63. The summed E-state index contributed by atoms with van der Waals surface area (Å²) in [5, 5.41) is 0. The SMILES string of the molecule is CC1(C)C[C@]2(CN3CCOCC3)CN(C(=O)CCc3cnccn3)C[C@H]12. The van der Waals surface area contributed by atoms with E-state index in [4.69, 9.17) is 4.74 Å². The van der Waals surface area contributed by atoms with Gasteiger partial charge in [-0.3, -0.25) is 19.7 Å². The van der Waals surface area contributed by atoms with Crippen molar-refractivity contribution >= 4 is 5.91 Å². The van der Waals surface area contributed by atoms with Gasteiger partial charge in [-0.2, -0.15) is 0 Å². The molecule has 3 heterocycles. The van der Waals surface area contributed by atoms with Gasteiger partial charge in [-0.15, -0.1) is 0 Å². The Labute approximate surface area is 155 Å². The van der Waals surface area contributed by atoms with Crippen LogP contribution in [0.5, 0.6) is 0 Å². The van der Waals surface area contributed by atoms with Crippen LogP contribution in [0.3, 0.4) is 0 Å². The molecule has 0 bridgehead atoms. The van der Waals surface area contributed by atoms with Crippen molar-refractivity contribution in [2.24, 2.45) is 16.7 Å². The van der Waals surface area contributed by atoms with Crippen LogP contribution < -0.4 is 0 Å². The molecule has 1 saturated carbocycles. The summed E-state index contributed by atoms with van der Waals surface area (Å²) in [6.07, 6.45) is 7.53. The molecular formula is C20H30N4O2. The quantitative estimate of drug-likeness (QED) is 0.800. The minimum absolute atomic E-state index is 0.266. The summed E-state index contributed by atoms with van der Waals surface area (Å²) in [6, 6.07) is 0. The zero-order valence-electron chi connectivity index (χ0n) is 16.0. The number of carbonyl (C=O) groups is 1. The van der Waals surface area contributed by atoms with Gasteiger partial charge in [0.2, 0.25) is 5.91 Å². The van der Waals surface area contributed by atoms with Gasteiger partial charge in [0, 0.05) is 63.2 Å². The molecule has 1 aliphatic carbocycles. The van der Waals surface area contributed by atoms with Crippen molar-refractivity contribution < 1.29 is 9.53 Å². The van der Waals surface area contributed by atoms with Gasteiger partial charge in [0.25, 0.3) is 0 Å². The van der Waals surface area contributed by atoms with Crippen molar-refractivity contribution in [1.29, 1.82) is 0 Å². The van der Waals surface area contributed by atoms with E-state index in [1.165, 1.54) is 6.42 Å². The predicted octanol–water partition coefficient (Wildman–Crippen LogP) is 1.62. The summed E-state index contributed by atoms with van der Waals surface area (Å²) in [6.45, 7) is 11.4. The number of likely N-dealkylation sites (tertiary alicyclic amines) is 1. The number of amides is 1. The first-order valence-corrected chi connectivity index (χ1v) is 9.81. The lowest BCUT2D eigenvalue weighted by molar-refractivity contribution is -0.130. The lowest BCUT2D eigenvalue weighted by Gasteiger charge is -2.58. The lowest BCUT2D eigenvalue weighted by atomic mass is 9.48. The third-order valence-corrected chi connectivity index (χ3v) is 6.61. The van der Waals surface area contributed by atoms with E-state index in [1.54, 1.807) is 18.6 Å². The van der Waals surface area contributed by atoms with E-state index in [0.717, 1.165) is 51.6 Å². The highest BCUT2D eigenvalue weighted by atomic mass is 16.5. The number of carbonyl (C=O) groups excluding carboxylic acids is 1. The van der Waals surface area contributed by atoms with E-state index < -0.39 is 0 Å². The fraction of sp³-hybridized carbons (Fsp3) is 0.750. The molecule has 1 aromatic rings. The molecule has 0 unspecified atom stereocenters. The third-order valence-electron chi connectivity index (χ3n) is 6.61. The standard InChI is InChI=1S/C20H30N4O2/c1-19(2)13-20(14-23-7-9-26-10-8-23)15-24(12-17(19)20)18(25)4-3-16-11-21-5-6-22-16/h5-6,11,17H,3-4,7-10,12-15H2,1-2H3/t17-,20+/m1/s1. The van der Waals surface area contributed by atoms with Crippen molar-refractivity contribution in [2.75, 3.05) is 45.9 Å². The van der Waals surface area contributed by atoms with E-state index in [2.05, 4.69) is 33.6 Å². The molecule has 142 valence electrons. The number of ether oxygens (including phenoxy) is 1. The maximum atomic E-state index is 12.8. The van der Waals surface area contributed by atoms with Crippen LogP contribution in [0, 0.1) is 16.7 Å². The number of hydrogen-bond acceptors (Lipinski definition) is 5. The van der Waals surface area contributed by atoms with E-state index >= 15 is 0 Å². The van der Waals surface area contributed by atoms with Crippen LogP contribution in [0.25, 0.3) is 0 Å². The van der Waals surface area contributed by atoms with Crippen LogP contribution in [0.4, 0.5) is 0 Å². The molecule has 3 aliphatic rings. The summed E-state index contributed by atoms with van der Waals surface area (Å²) in [5.41, 5.74) is 1.52. The second-order valence-corrected chi connectivity index (χ2v) is 8.94. The molecule has 0 N–H and O–H groups in total. The molecule has 4 rings (SSSR count). The topological polar surface area (TPSA) is 58.6 Å². The van der Waals surface area contributed by atoms with Gasteiger partial charge in [-0.05, 0) is 24.2 Å². The predicted molar refractivity (Wildman–Crippen MR) is 98.5 cm³/mol. The Morgan fingerprint density at radius 2 is 2.12 bits per heavy atom. The maximum absolute atomic E-state index is 12.8. The van der Waals surface area contributed by atoms with Crippen molar-refractivity contribution in [3.8, 4) is 0 Å². The zero-order valence-corrected chi connectivity index (χ0v) is 16.0. The normalized spacial score (nSPS) is 30.7. The van der Waals surface area contributed by atoms with Crippen LogP contribution in [0.15, 0.2) is 18.6 Å². The number of aromatic nitrogens is 2. The monoisotopic (exact) mass is 358 g/mol. The number of rotatable bonds is 5. The maximum Gasteiger partial charge on any atom is 0.222 e. The Morgan fingerprint density at radius 3 is 2.81 bits per heavy atom.